The molecule has 1 aromatic carbocycles. The molecule has 0 saturated carbocycles. The Labute approximate surface area is 118 Å². The molecule has 3 rings (SSSR count). The maximum absolute atomic E-state index is 11.9. The number of rotatable bonds is 4. The average Bonchev–Trinajstić information content (AvgIpc) is 3.02. The number of hydrogen-bond donors (Lipinski definition) is 2. The van der Waals surface area contributed by atoms with Crippen molar-refractivity contribution < 1.29 is 4.79 Å². The summed E-state index contributed by atoms with van der Waals surface area (Å²) < 4.78 is 0. The molecule has 1 aliphatic rings. The van der Waals surface area contributed by atoms with Crippen molar-refractivity contribution in [1.29, 1.82) is 0 Å². The highest BCUT2D eigenvalue weighted by Crippen LogP contribution is 2.21. The van der Waals surface area contributed by atoms with Crippen LogP contribution in [0, 0.1) is 5.92 Å². The van der Waals surface area contributed by atoms with E-state index in [0.717, 1.165) is 25.3 Å². The van der Waals surface area contributed by atoms with Gasteiger partial charge in [0.05, 0.1) is 0 Å². The van der Waals surface area contributed by atoms with Gasteiger partial charge in [-0.3, -0.25) is 4.79 Å². The quantitative estimate of drug-likeness (QED) is 0.826. The first-order chi connectivity index (χ1) is 9.28. The third-order valence-corrected chi connectivity index (χ3v) is 4.41. The van der Waals surface area contributed by atoms with Crippen LogP contribution in [-0.4, -0.2) is 34.6 Å². The summed E-state index contributed by atoms with van der Waals surface area (Å²) in [7, 11) is 0. The van der Waals surface area contributed by atoms with Gasteiger partial charge in [-0.25, -0.2) is 0 Å². The van der Waals surface area contributed by atoms with Crippen LogP contribution in [0.1, 0.15) is 12.0 Å². The Bertz CT molecular complexity index is 593. The lowest BCUT2D eigenvalue weighted by Crippen LogP contribution is -2.27. The summed E-state index contributed by atoms with van der Waals surface area (Å²) in [5.41, 5.74) is 2.47. The van der Waals surface area contributed by atoms with Gasteiger partial charge in [0.25, 0.3) is 0 Å². The lowest BCUT2D eigenvalue weighted by atomic mass is 10.1. The van der Waals surface area contributed by atoms with Crippen molar-refractivity contribution in [3.63, 3.8) is 0 Å². The Kier molecular flexibility index (Phi) is 3.51. The van der Waals surface area contributed by atoms with Crippen LogP contribution in [-0.2, 0) is 11.2 Å². The lowest BCUT2D eigenvalue weighted by Gasteiger charge is -2.16. The van der Waals surface area contributed by atoms with Gasteiger partial charge in [0.2, 0.25) is 5.91 Å². The monoisotopic (exact) mass is 274 g/mol. The summed E-state index contributed by atoms with van der Waals surface area (Å²) in [4.78, 5) is 17.1. The van der Waals surface area contributed by atoms with Gasteiger partial charge in [0, 0.05) is 36.6 Å². The van der Waals surface area contributed by atoms with Crippen LogP contribution in [0.4, 0.5) is 0 Å². The van der Waals surface area contributed by atoms with Crippen LogP contribution in [0.3, 0.4) is 0 Å². The number of likely N-dealkylation sites (tertiary alicyclic amines) is 1. The molecule has 1 amide bonds. The lowest BCUT2D eigenvalue weighted by molar-refractivity contribution is -0.127. The molecule has 0 spiro atoms. The highest BCUT2D eigenvalue weighted by molar-refractivity contribution is 7.80. The summed E-state index contributed by atoms with van der Waals surface area (Å²) in [5.74, 6) is 1.51. The number of H-pyrrole nitrogens is 1. The van der Waals surface area contributed by atoms with Crippen molar-refractivity contribution >= 4 is 29.4 Å². The number of thiol groups is 1. The summed E-state index contributed by atoms with van der Waals surface area (Å²) in [5, 5.41) is 1.26. The number of aromatic nitrogens is 1. The molecule has 2 heterocycles. The van der Waals surface area contributed by atoms with Gasteiger partial charge in [0.1, 0.15) is 0 Å². The second-order valence-corrected chi connectivity index (χ2v) is 5.56. The van der Waals surface area contributed by atoms with Gasteiger partial charge >= 0.3 is 0 Å². The van der Waals surface area contributed by atoms with Gasteiger partial charge < -0.3 is 9.88 Å². The summed E-state index contributed by atoms with van der Waals surface area (Å²) >= 11 is 4.29. The van der Waals surface area contributed by atoms with E-state index in [4.69, 9.17) is 0 Å². The number of hydrogen-bond acceptors (Lipinski definition) is 2. The van der Waals surface area contributed by atoms with Crippen molar-refractivity contribution in [2.24, 2.45) is 5.92 Å². The molecule has 3 nitrogen and oxygen atoms in total. The van der Waals surface area contributed by atoms with Crippen LogP contribution in [0.25, 0.3) is 10.9 Å². The number of carbonyl (C=O) groups is 1. The maximum Gasteiger partial charge on any atom is 0.222 e. The van der Waals surface area contributed by atoms with E-state index in [9.17, 15) is 4.79 Å². The largest absolute Gasteiger partial charge is 0.361 e. The first-order valence-electron chi connectivity index (χ1n) is 6.71. The van der Waals surface area contributed by atoms with E-state index in [1.807, 2.05) is 11.1 Å². The van der Waals surface area contributed by atoms with E-state index >= 15 is 0 Å². The summed E-state index contributed by atoms with van der Waals surface area (Å²) in [6.07, 6.45) is 3.55. The molecule has 0 bridgehead atoms. The third kappa shape index (κ3) is 2.50. The maximum atomic E-state index is 11.9. The molecule has 0 radical (unpaired) electrons. The van der Waals surface area contributed by atoms with E-state index in [2.05, 4.69) is 41.9 Å². The first kappa shape index (κ1) is 12.6. The molecule has 1 N–H and O–H groups in total. The SMILES string of the molecule is O=C1CC(CS)CN1CCc1cccc2[nH]ccc12. The smallest absolute Gasteiger partial charge is 0.222 e. The molecule has 1 aliphatic heterocycles. The van der Waals surface area contributed by atoms with Gasteiger partial charge in [-0.2, -0.15) is 12.6 Å². The number of aromatic amines is 1. The standard InChI is InChI=1S/C15H18N2OS/c18-15-8-11(10-19)9-17(15)7-5-12-2-1-3-14-13(12)4-6-16-14/h1-4,6,11,16,19H,5,7-10H2. The second-order valence-electron chi connectivity index (χ2n) is 5.20. The summed E-state index contributed by atoms with van der Waals surface area (Å²) in [6, 6.07) is 8.40. The Hall–Kier alpha value is -1.42. The summed E-state index contributed by atoms with van der Waals surface area (Å²) in [6.45, 7) is 1.68. The van der Waals surface area contributed by atoms with E-state index in [-0.39, 0.29) is 5.91 Å². The van der Waals surface area contributed by atoms with Crippen LogP contribution >= 0.6 is 12.6 Å². The minimum absolute atomic E-state index is 0.278. The Morgan fingerprint density at radius 3 is 3.05 bits per heavy atom. The van der Waals surface area contributed by atoms with Crippen molar-refractivity contribution in [2.75, 3.05) is 18.8 Å². The normalized spacial score (nSPS) is 19.5. The number of nitrogens with zero attached hydrogens (tertiary/aromatic N) is 1. The second kappa shape index (κ2) is 5.29. The van der Waals surface area contributed by atoms with Crippen LogP contribution in [0.2, 0.25) is 0 Å². The minimum atomic E-state index is 0.278. The first-order valence-corrected chi connectivity index (χ1v) is 7.35. The van der Waals surface area contributed by atoms with Crippen LogP contribution < -0.4 is 0 Å². The predicted molar refractivity (Wildman–Crippen MR) is 80.5 cm³/mol. The van der Waals surface area contributed by atoms with E-state index in [0.29, 0.717) is 12.3 Å². The van der Waals surface area contributed by atoms with Gasteiger partial charge in [0.15, 0.2) is 0 Å². The number of carbonyl (C=O) groups excluding carboxylic acids is 1. The molecule has 1 aromatic heterocycles. The zero-order chi connectivity index (χ0) is 13.2. The fourth-order valence-electron chi connectivity index (χ4n) is 2.82. The van der Waals surface area contributed by atoms with E-state index in [1.165, 1.54) is 16.5 Å². The Morgan fingerprint density at radius 2 is 2.26 bits per heavy atom. The molecule has 0 aliphatic carbocycles. The van der Waals surface area contributed by atoms with Gasteiger partial charge in [-0.1, -0.05) is 12.1 Å². The highest BCUT2D eigenvalue weighted by atomic mass is 32.1. The Balaban J connectivity index is 1.69. The molecule has 1 unspecified atom stereocenters. The zero-order valence-corrected chi connectivity index (χ0v) is 11.7. The van der Waals surface area contributed by atoms with Crippen LogP contribution in [0.15, 0.2) is 30.5 Å². The highest BCUT2D eigenvalue weighted by Gasteiger charge is 2.28. The van der Waals surface area contributed by atoms with E-state index < -0.39 is 0 Å². The van der Waals surface area contributed by atoms with Gasteiger partial charge in [-0.05, 0) is 35.8 Å². The molecule has 2 aromatic rings. The minimum Gasteiger partial charge on any atom is -0.361 e. The molecule has 1 saturated heterocycles. The molecule has 19 heavy (non-hydrogen) atoms. The fraction of sp³-hybridized carbons (Fsp3) is 0.400. The predicted octanol–water partition coefficient (Wildman–Crippen LogP) is 2.49. The number of fused-ring (bicyclic) bond motifs is 1. The van der Waals surface area contributed by atoms with Crippen molar-refractivity contribution in [3.8, 4) is 0 Å². The van der Waals surface area contributed by atoms with Crippen molar-refractivity contribution in [1.82, 2.24) is 9.88 Å². The van der Waals surface area contributed by atoms with Crippen molar-refractivity contribution in [2.45, 2.75) is 12.8 Å². The number of amides is 1. The molecule has 4 heteroatoms. The molecular formula is C15H18N2OS. The third-order valence-electron chi connectivity index (χ3n) is 3.89. The van der Waals surface area contributed by atoms with E-state index in [1.54, 1.807) is 0 Å². The molecule has 100 valence electrons. The number of benzene rings is 1. The van der Waals surface area contributed by atoms with Crippen LogP contribution in [0.5, 0.6) is 0 Å². The molecule has 1 atom stereocenters. The topological polar surface area (TPSA) is 36.1 Å². The van der Waals surface area contributed by atoms with Gasteiger partial charge in [-0.15, -0.1) is 0 Å². The molecular weight excluding hydrogens is 256 g/mol. The zero-order valence-electron chi connectivity index (χ0n) is 10.8. The fourth-order valence-corrected chi connectivity index (χ4v) is 3.06. The number of nitrogens with one attached hydrogen (secondary N) is 1. The average molecular weight is 274 g/mol. The molecule has 1 fully saturated rings. The Morgan fingerprint density at radius 1 is 1.37 bits per heavy atom. The van der Waals surface area contributed by atoms with Crippen molar-refractivity contribution in [3.05, 3.63) is 36.0 Å².